The zero-order valence-electron chi connectivity index (χ0n) is 13.1. The number of nitrogens with zero attached hydrogens (tertiary/aromatic N) is 4. The molecule has 0 atom stereocenters. The number of carboxylic acid groups (broad SMARTS) is 1. The van der Waals surface area contributed by atoms with Gasteiger partial charge in [-0.05, 0) is 42.8 Å². The van der Waals surface area contributed by atoms with Crippen LogP contribution in [0.25, 0.3) is 5.52 Å². The predicted octanol–water partition coefficient (Wildman–Crippen LogP) is 3.13. The number of aromatic nitrogens is 2. The average molecular weight is 381 g/mol. The molecule has 122 valence electrons. The second-order valence-corrected chi connectivity index (χ2v) is 6.79. The predicted molar refractivity (Wildman–Crippen MR) is 87.6 cm³/mol. The van der Waals surface area contributed by atoms with Gasteiger partial charge in [-0.25, -0.2) is 9.31 Å². The lowest BCUT2D eigenvalue weighted by atomic mass is 10.1. The molecule has 2 aromatic rings. The third-order valence-electron chi connectivity index (χ3n) is 3.28. The highest BCUT2D eigenvalue weighted by molar-refractivity contribution is 9.10. The molecule has 0 saturated heterocycles. The van der Waals surface area contributed by atoms with Crippen LogP contribution in [0, 0.1) is 11.3 Å². The number of carbonyl (C=O) groups is 1. The van der Waals surface area contributed by atoms with Crippen molar-refractivity contribution in [1.29, 1.82) is 5.26 Å². The van der Waals surface area contributed by atoms with Crippen LogP contribution in [0.4, 0.5) is 4.79 Å². The van der Waals surface area contributed by atoms with Gasteiger partial charge in [-0.3, -0.25) is 0 Å². The van der Waals surface area contributed by atoms with Gasteiger partial charge in [0.25, 0.3) is 0 Å². The molecule has 7 nitrogen and oxygen atoms in total. The summed E-state index contributed by atoms with van der Waals surface area (Å²) in [5.74, 6) is 0.538. The summed E-state index contributed by atoms with van der Waals surface area (Å²) in [4.78, 5) is 12.6. The highest BCUT2D eigenvalue weighted by Crippen LogP contribution is 2.26. The summed E-state index contributed by atoms with van der Waals surface area (Å²) < 4.78 is 7.88. The van der Waals surface area contributed by atoms with Crippen LogP contribution in [0.2, 0.25) is 0 Å². The van der Waals surface area contributed by atoms with Crippen molar-refractivity contribution in [3.63, 3.8) is 0 Å². The molecule has 2 heterocycles. The average Bonchev–Trinajstić information content (AvgIpc) is 2.85. The lowest BCUT2D eigenvalue weighted by Gasteiger charge is -2.32. The van der Waals surface area contributed by atoms with Crippen molar-refractivity contribution in [2.45, 2.75) is 26.3 Å². The lowest BCUT2D eigenvalue weighted by Crippen LogP contribution is -2.46. The Morgan fingerprint density at radius 1 is 1.57 bits per heavy atom. The summed E-state index contributed by atoms with van der Waals surface area (Å²) in [5, 5.41) is 22.4. The van der Waals surface area contributed by atoms with Gasteiger partial charge in [0.2, 0.25) is 0 Å². The second kappa shape index (κ2) is 6.46. The van der Waals surface area contributed by atoms with E-state index in [9.17, 15) is 9.90 Å². The van der Waals surface area contributed by atoms with Crippen molar-refractivity contribution < 1.29 is 14.6 Å². The molecule has 0 bridgehead atoms. The van der Waals surface area contributed by atoms with Gasteiger partial charge in [0.05, 0.1) is 30.0 Å². The zero-order valence-corrected chi connectivity index (χ0v) is 14.7. The number of nitriles is 1. The van der Waals surface area contributed by atoms with Gasteiger partial charge < -0.3 is 14.7 Å². The molecule has 2 rings (SSSR count). The van der Waals surface area contributed by atoms with Crippen molar-refractivity contribution in [3.8, 4) is 11.8 Å². The number of hydrogen-bond acceptors (Lipinski definition) is 4. The zero-order chi connectivity index (χ0) is 17.2. The molecule has 2 aromatic heterocycles. The van der Waals surface area contributed by atoms with E-state index in [-0.39, 0.29) is 13.2 Å². The van der Waals surface area contributed by atoms with Gasteiger partial charge >= 0.3 is 6.09 Å². The standard InChI is InChI=1S/C15H17BrN4O3/c1-15(2,3)19(14(21)22)4-5-23-11-6-12(16)13-10(7-17)8-18-20(13)9-11/h6,8-9H,4-5H2,1-3H3,(H,21,22). The van der Waals surface area contributed by atoms with Crippen molar-refractivity contribution in [1.82, 2.24) is 14.5 Å². The molecule has 0 aliphatic heterocycles. The minimum absolute atomic E-state index is 0.216. The Kier molecular flexibility index (Phi) is 4.80. The van der Waals surface area contributed by atoms with Gasteiger partial charge in [-0.2, -0.15) is 10.4 Å². The van der Waals surface area contributed by atoms with E-state index in [2.05, 4.69) is 27.1 Å². The molecule has 0 aliphatic rings. The number of ether oxygens (including phenoxy) is 1. The van der Waals surface area contributed by atoms with Crippen LogP contribution in [-0.4, -0.2) is 44.4 Å². The minimum atomic E-state index is -0.983. The Morgan fingerprint density at radius 3 is 2.83 bits per heavy atom. The van der Waals surface area contributed by atoms with Crippen LogP contribution < -0.4 is 4.74 Å². The Labute approximate surface area is 142 Å². The van der Waals surface area contributed by atoms with Crippen LogP contribution in [0.5, 0.6) is 5.75 Å². The number of rotatable bonds is 4. The van der Waals surface area contributed by atoms with Gasteiger partial charge in [0.15, 0.2) is 0 Å². The Morgan fingerprint density at radius 2 is 2.26 bits per heavy atom. The fourth-order valence-corrected chi connectivity index (χ4v) is 2.80. The Bertz CT molecular complexity index is 773. The van der Waals surface area contributed by atoms with E-state index in [0.717, 1.165) is 0 Å². The molecule has 0 saturated carbocycles. The van der Waals surface area contributed by atoms with Gasteiger partial charge in [-0.1, -0.05) is 0 Å². The molecule has 0 aromatic carbocycles. The van der Waals surface area contributed by atoms with Crippen LogP contribution in [0.1, 0.15) is 26.3 Å². The maximum absolute atomic E-state index is 11.3. The van der Waals surface area contributed by atoms with Crippen molar-refractivity contribution >= 4 is 27.5 Å². The molecule has 0 radical (unpaired) electrons. The van der Waals surface area contributed by atoms with Crippen LogP contribution in [-0.2, 0) is 0 Å². The lowest BCUT2D eigenvalue weighted by molar-refractivity contribution is 0.0891. The number of amides is 1. The van der Waals surface area contributed by atoms with E-state index < -0.39 is 11.6 Å². The first kappa shape index (κ1) is 17.1. The SMILES string of the molecule is CC(C)(C)N(CCOc1cc(Br)c2c(C#N)cnn2c1)C(=O)O. The number of pyridine rings is 1. The summed E-state index contributed by atoms with van der Waals surface area (Å²) in [6, 6.07) is 3.81. The summed E-state index contributed by atoms with van der Waals surface area (Å²) in [6.07, 6.45) is 2.15. The maximum Gasteiger partial charge on any atom is 0.407 e. The van der Waals surface area contributed by atoms with Crippen molar-refractivity contribution in [3.05, 3.63) is 28.5 Å². The Balaban J connectivity index is 2.11. The molecule has 0 fully saturated rings. The second-order valence-electron chi connectivity index (χ2n) is 5.94. The largest absolute Gasteiger partial charge is 0.490 e. The van der Waals surface area contributed by atoms with Crippen LogP contribution in [0.3, 0.4) is 0 Å². The fraction of sp³-hybridized carbons (Fsp3) is 0.400. The number of hydrogen-bond donors (Lipinski definition) is 1. The molecule has 0 unspecified atom stereocenters. The summed E-state index contributed by atoms with van der Waals surface area (Å²) >= 11 is 3.40. The topological polar surface area (TPSA) is 90.9 Å². The quantitative estimate of drug-likeness (QED) is 0.879. The van der Waals surface area contributed by atoms with E-state index in [4.69, 9.17) is 10.00 Å². The van der Waals surface area contributed by atoms with Gasteiger partial charge in [0, 0.05) is 10.0 Å². The van der Waals surface area contributed by atoms with E-state index in [1.54, 1.807) is 16.8 Å². The highest BCUT2D eigenvalue weighted by atomic mass is 79.9. The molecule has 1 amide bonds. The van der Waals surface area contributed by atoms with Crippen molar-refractivity contribution in [2.24, 2.45) is 0 Å². The first-order valence-electron chi connectivity index (χ1n) is 6.94. The molecular weight excluding hydrogens is 364 g/mol. The molecule has 23 heavy (non-hydrogen) atoms. The summed E-state index contributed by atoms with van der Waals surface area (Å²) in [5.41, 5.74) is 0.638. The molecule has 0 spiro atoms. The fourth-order valence-electron chi connectivity index (χ4n) is 2.18. The Hall–Kier alpha value is -2.27. The normalized spacial score (nSPS) is 11.3. The van der Waals surface area contributed by atoms with Crippen LogP contribution >= 0.6 is 15.9 Å². The third kappa shape index (κ3) is 3.74. The summed E-state index contributed by atoms with van der Waals surface area (Å²) in [6.45, 7) is 5.95. The molecular formula is C15H17BrN4O3. The van der Waals surface area contributed by atoms with E-state index in [1.807, 2.05) is 20.8 Å². The molecule has 8 heteroatoms. The van der Waals surface area contributed by atoms with Gasteiger partial charge in [0.1, 0.15) is 18.4 Å². The van der Waals surface area contributed by atoms with Crippen molar-refractivity contribution in [2.75, 3.05) is 13.2 Å². The first-order valence-corrected chi connectivity index (χ1v) is 7.73. The monoisotopic (exact) mass is 380 g/mol. The number of halogens is 1. The minimum Gasteiger partial charge on any atom is -0.490 e. The molecule has 1 N–H and O–H groups in total. The van der Waals surface area contributed by atoms with Crippen LogP contribution in [0.15, 0.2) is 22.9 Å². The van der Waals surface area contributed by atoms with E-state index >= 15 is 0 Å². The number of fused-ring (bicyclic) bond motifs is 1. The molecule has 0 aliphatic carbocycles. The van der Waals surface area contributed by atoms with Gasteiger partial charge in [-0.15, -0.1) is 0 Å². The smallest absolute Gasteiger partial charge is 0.407 e. The maximum atomic E-state index is 11.3. The summed E-state index contributed by atoms with van der Waals surface area (Å²) in [7, 11) is 0. The third-order valence-corrected chi connectivity index (χ3v) is 3.89. The van der Waals surface area contributed by atoms with E-state index in [0.29, 0.717) is 21.3 Å². The van der Waals surface area contributed by atoms with E-state index in [1.165, 1.54) is 11.1 Å². The highest BCUT2D eigenvalue weighted by Gasteiger charge is 2.25. The first-order chi connectivity index (χ1) is 10.7.